The molecule has 2 aliphatic rings. The van der Waals surface area contributed by atoms with Crippen LogP contribution in [-0.2, 0) is 10.8 Å². The highest BCUT2D eigenvalue weighted by molar-refractivity contribution is 6.22. The molecule has 2 aromatic heterocycles. The average Bonchev–Trinajstić information content (AvgIpc) is 3.41. The minimum atomic E-state index is -0.159. The molecule has 0 aliphatic carbocycles. The van der Waals surface area contributed by atoms with Crippen LogP contribution in [0.1, 0.15) is 66.5 Å². The van der Waals surface area contributed by atoms with Crippen LogP contribution in [0.4, 0.5) is 22.7 Å². The number of para-hydroxylation sites is 2. The van der Waals surface area contributed by atoms with Crippen LogP contribution in [0, 0.1) is 0 Å². The normalized spacial score (nSPS) is 17.8. The Morgan fingerprint density at radius 3 is 1.15 bits per heavy atom. The van der Waals surface area contributed by atoms with Gasteiger partial charge in [0.2, 0.25) is 0 Å². The second kappa shape index (κ2) is 11.0. The standard InChI is InChI=1S/C48H46N4/c1-45(2)39-13-9-11-15-41(39)51(47(45,5)6)33-17-19-35-37(29-33)43(31-21-25-49-26-22-31)36-20-18-34(30-38(36)44(35)32-23-27-50-28-24-32)52-42-16-12-10-14-40(42)46(3,4)48(52,7)8/h9-30H,1-8H3. The summed E-state index contributed by atoms with van der Waals surface area (Å²) in [5.74, 6) is 0. The van der Waals surface area contributed by atoms with Crippen LogP contribution in [0.15, 0.2) is 134 Å². The molecule has 52 heavy (non-hydrogen) atoms. The van der Waals surface area contributed by atoms with Gasteiger partial charge in [-0.3, -0.25) is 9.97 Å². The summed E-state index contributed by atoms with van der Waals surface area (Å²) in [6, 6.07) is 40.7. The van der Waals surface area contributed by atoms with E-state index in [1.165, 1.54) is 66.5 Å². The van der Waals surface area contributed by atoms with Gasteiger partial charge in [-0.1, -0.05) is 76.2 Å². The molecule has 7 aromatic rings. The first-order valence-electron chi connectivity index (χ1n) is 18.5. The number of anilines is 4. The van der Waals surface area contributed by atoms with Crippen molar-refractivity contribution >= 4 is 44.3 Å². The molecule has 0 unspecified atom stereocenters. The van der Waals surface area contributed by atoms with Gasteiger partial charge in [-0.15, -0.1) is 0 Å². The Morgan fingerprint density at radius 2 is 0.769 bits per heavy atom. The van der Waals surface area contributed by atoms with Gasteiger partial charge in [0, 0.05) is 69.4 Å². The first kappa shape index (κ1) is 32.4. The van der Waals surface area contributed by atoms with Crippen LogP contribution >= 0.6 is 0 Å². The van der Waals surface area contributed by atoms with Crippen molar-refractivity contribution in [2.24, 2.45) is 0 Å². The van der Waals surface area contributed by atoms with E-state index < -0.39 is 0 Å². The van der Waals surface area contributed by atoms with Crippen LogP contribution in [-0.4, -0.2) is 21.0 Å². The molecular formula is C48H46N4. The Balaban J connectivity index is 1.37. The Kier molecular flexibility index (Phi) is 6.87. The third-order valence-corrected chi connectivity index (χ3v) is 13.4. The SMILES string of the molecule is CC1(C)c2ccccc2N(c2ccc3c(-c4ccncc4)c4cc(N5c6ccccc6C(C)(C)C5(C)C)ccc4c(-c4ccncc4)c3c2)C1(C)C. The molecule has 0 spiro atoms. The zero-order valence-corrected chi connectivity index (χ0v) is 31.5. The third kappa shape index (κ3) is 4.27. The number of aromatic nitrogens is 2. The molecular weight excluding hydrogens is 633 g/mol. The summed E-state index contributed by atoms with van der Waals surface area (Å²) in [5.41, 5.74) is 12.1. The van der Waals surface area contributed by atoms with Crippen molar-refractivity contribution in [2.45, 2.75) is 77.3 Å². The highest BCUT2D eigenvalue weighted by atomic mass is 15.2. The molecule has 4 nitrogen and oxygen atoms in total. The van der Waals surface area contributed by atoms with Crippen molar-refractivity contribution in [3.05, 3.63) is 145 Å². The Labute approximate surface area is 307 Å². The number of nitrogens with zero attached hydrogens (tertiary/aromatic N) is 4. The Hall–Kier alpha value is -5.48. The average molecular weight is 679 g/mol. The quantitative estimate of drug-likeness (QED) is 0.173. The van der Waals surface area contributed by atoms with E-state index in [2.05, 4.69) is 184 Å². The van der Waals surface area contributed by atoms with Gasteiger partial charge in [-0.2, -0.15) is 0 Å². The van der Waals surface area contributed by atoms with Gasteiger partial charge in [-0.25, -0.2) is 0 Å². The summed E-state index contributed by atoms with van der Waals surface area (Å²) >= 11 is 0. The van der Waals surface area contributed by atoms with Crippen molar-refractivity contribution in [1.82, 2.24) is 9.97 Å². The molecule has 0 fully saturated rings. The van der Waals surface area contributed by atoms with Crippen LogP contribution in [0.2, 0.25) is 0 Å². The predicted molar refractivity (Wildman–Crippen MR) is 219 cm³/mol. The smallest absolute Gasteiger partial charge is 0.0487 e. The minimum absolute atomic E-state index is 0.0506. The highest BCUT2D eigenvalue weighted by Gasteiger charge is 2.52. The van der Waals surface area contributed by atoms with Crippen molar-refractivity contribution in [1.29, 1.82) is 0 Å². The van der Waals surface area contributed by atoms with E-state index in [4.69, 9.17) is 0 Å². The highest BCUT2D eigenvalue weighted by Crippen LogP contribution is 2.57. The molecule has 4 heterocycles. The van der Waals surface area contributed by atoms with Gasteiger partial charge in [0.1, 0.15) is 0 Å². The zero-order valence-electron chi connectivity index (χ0n) is 31.5. The predicted octanol–water partition coefficient (Wildman–Crippen LogP) is 12.5. The Bertz CT molecular complexity index is 2350. The first-order chi connectivity index (χ1) is 24.9. The maximum atomic E-state index is 4.43. The van der Waals surface area contributed by atoms with Gasteiger partial charge in [0.05, 0.1) is 0 Å². The molecule has 2 aliphatic heterocycles. The van der Waals surface area contributed by atoms with E-state index in [-0.39, 0.29) is 21.9 Å². The van der Waals surface area contributed by atoms with Crippen LogP contribution < -0.4 is 9.80 Å². The van der Waals surface area contributed by atoms with Crippen LogP contribution in [0.3, 0.4) is 0 Å². The number of fused-ring (bicyclic) bond motifs is 4. The Morgan fingerprint density at radius 1 is 0.404 bits per heavy atom. The summed E-state index contributed by atoms with van der Waals surface area (Å²) in [6.07, 6.45) is 7.65. The molecule has 0 atom stereocenters. The molecule has 0 amide bonds. The number of hydrogen-bond donors (Lipinski definition) is 0. The van der Waals surface area contributed by atoms with Crippen LogP contribution in [0.25, 0.3) is 43.8 Å². The maximum absolute atomic E-state index is 4.43. The fourth-order valence-corrected chi connectivity index (χ4v) is 9.28. The van der Waals surface area contributed by atoms with Crippen LogP contribution in [0.5, 0.6) is 0 Å². The molecule has 4 heteroatoms. The van der Waals surface area contributed by atoms with Gasteiger partial charge >= 0.3 is 0 Å². The van der Waals surface area contributed by atoms with E-state index in [9.17, 15) is 0 Å². The summed E-state index contributed by atoms with van der Waals surface area (Å²) < 4.78 is 0. The van der Waals surface area contributed by atoms with E-state index in [1.807, 2.05) is 24.8 Å². The lowest BCUT2D eigenvalue weighted by Gasteiger charge is -2.43. The summed E-state index contributed by atoms with van der Waals surface area (Å²) in [4.78, 5) is 14.0. The zero-order chi connectivity index (χ0) is 36.2. The minimum Gasteiger partial charge on any atom is -0.335 e. The third-order valence-electron chi connectivity index (χ3n) is 13.4. The lowest BCUT2D eigenvalue weighted by Crippen LogP contribution is -2.48. The second-order valence-corrected chi connectivity index (χ2v) is 16.8. The lowest BCUT2D eigenvalue weighted by molar-refractivity contribution is 0.330. The van der Waals surface area contributed by atoms with E-state index in [0.717, 1.165) is 11.1 Å². The van der Waals surface area contributed by atoms with E-state index >= 15 is 0 Å². The molecule has 0 radical (unpaired) electrons. The molecule has 5 aromatic carbocycles. The number of benzene rings is 5. The molecule has 9 rings (SSSR count). The van der Waals surface area contributed by atoms with Crippen molar-refractivity contribution in [3.8, 4) is 22.3 Å². The van der Waals surface area contributed by atoms with Crippen molar-refractivity contribution < 1.29 is 0 Å². The number of rotatable bonds is 4. The largest absolute Gasteiger partial charge is 0.335 e. The first-order valence-corrected chi connectivity index (χ1v) is 18.5. The fourth-order valence-electron chi connectivity index (χ4n) is 9.28. The molecule has 0 bridgehead atoms. The summed E-state index contributed by atoms with van der Waals surface area (Å²) in [7, 11) is 0. The maximum Gasteiger partial charge on any atom is 0.0487 e. The lowest BCUT2D eigenvalue weighted by atomic mass is 9.72. The topological polar surface area (TPSA) is 32.3 Å². The number of pyridine rings is 2. The molecule has 0 saturated heterocycles. The molecule has 0 N–H and O–H groups in total. The summed E-state index contributed by atoms with van der Waals surface area (Å²) in [6.45, 7) is 19.0. The fraction of sp³-hybridized carbons (Fsp3) is 0.250. The van der Waals surface area contributed by atoms with Crippen molar-refractivity contribution in [2.75, 3.05) is 9.80 Å². The van der Waals surface area contributed by atoms with Gasteiger partial charge in [0.25, 0.3) is 0 Å². The molecule has 0 saturated carbocycles. The second-order valence-electron chi connectivity index (χ2n) is 16.8. The van der Waals surface area contributed by atoms with Gasteiger partial charge < -0.3 is 9.80 Å². The monoisotopic (exact) mass is 678 g/mol. The van der Waals surface area contributed by atoms with Crippen molar-refractivity contribution in [3.63, 3.8) is 0 Å². The van der Waals surface area contributed by atoms with E-state index in [0.29, 0.717) is 0 Å². The number of hydrogen-bond acceptors (Lipinski definition) is 4. The summed E-state index contributed by atoms with van der Waals surface area (Å²) in [5, 5.41) is 4.89. The van der Waals surface area contributed by atoms with E-state index in [1.54, 1.807) is 0 Å². The van der Waals surface area contributed by atoms with Gasteiger partial charge in [-0.05, 0) is 143 Å². The molecule has 258 valence electrons. The van der Waals surface area contributed by atoms with Gasteiger partial charge in [0.15, 0.2) is 0 Å².